The van der Waals surface area contributed by atoms with Crippen LogP contribution in [0.3, 0.4) is 0 Å². The summed E-state index contributed by atoms with van der Waals surface area (Å²) in [5.74, 6) is 6.56. The van der Waals surface area contributed by atoms with Crippen LogP contribution in [0.4, 0.5) is 4.79 Å². The average molecular weight is 330 g/mol. The number of hydrogen-bond acceptors (Lipinski definition) is 1. The third-order valence-electron chi connectivity index (χ3n) is 2.91. The first-order valence-corrected chi connectivity index (χ1v) is 6.20. The normalized spacial score (nSPS) is 13.6. The van der Waals surface area contributed by atoms with E-state index in [4.69, 9.17) is 0 Å². The van der Waals surface area contributed by atoms with Crippen LogP contribution in [0.1, 0.15) is 30.9 Å². The van der Waals surface area contributed by atoms with Crippen molar-refractivity contribution in [2.24, 2.45) is 0 Å². The monoisotopic (exact) mass is 330 g/mol. The molecule has 1 aliphatic heterocycles. The van der Waals surface area contributed by atoms with Gasteiger partial charge in [-0.05, 0) is 5.92 Å². The van der Waals surface area contributed by atoms with E-state index in [9.17, 15) is 4.79 Å². The molecule has 3 nitrogen and oxygen atoms in total. The van der Waals surface area contributed by atoms with Crippen LogP contribution in [-0.4, -0.2) is 30.6 Å². The smallest absolute Gasteiger partial charge is 0.318 e. The Labute approximate surface area is 140 Å². The fraction of sp³-hybridized carbons (Fsp3) is 0.400. The topological polar surface area (TPSA) is 32.3 Å². The van der Waals surface area contributed by atoms with Gasteiger partial charge in [0.05, 0.1) is 6.54 Å². The van der Waals surface area contributed by atoms with Crippen molar-refractivity contribution >= 4 is 6.03 Å². The molecule has 1 saturated heterocycles. The van der Waals surface area contributed by atoms with Crippen molar-refractivity contribution in [1.29, 1.82) is 0 Å². The van der Waals surface area contributed by atoms with Crippen molar-refractivity contribution in [2.45, 2.75) is 19.8 Å². The van der Waals surface area contributed by atoms with E-state index in [1.54, 1.807) is 4.90 Å². The van der Waals surface area contributed by atoms with Gasteiger partial charge in [-0.25, -0.2) is 4.79 Å². The minimum Gasteiger partial charge on any atom is -0.336 e. The summed E-state index contributed by atoms with van der Waals surface area (Å²) in [6.07, 6.45) is 0. The van der Waals surface area contributed by atoms with Crippen molar-refractivity contribution < 1.29 is 37.5 Å². The molecule has 0 aliphatic carbocycles. The second-order valence-electron chi connectivity index (χ2n) is 4.64. The number of nitrogens with one attached hydrogen (secondary N) is 1. The minimum absolute atomic E-state index is 0. The summed E-state index contributed by atoms with van der Waals surface area (Å²) in [4.78, 5) is 13.0. The predicted octanol–water partition coefficient (Wildman–Crippen LogP) is 1.98. The van der Waals surface area contributed by atoms with Gasteiger partial charge in [0.15, 0.2) is 0 Å². The summed E-state index contributed by atoms with van der Waals surface area (Å²) in [7, 11) is 0. The van der Waals surface area contributed by atoms with E-state index in [1.807, 2.05) is 12.1 Å². The van der Waals surface area contributed by atoms with Crippen LogP contribution >= 0.6 is 0 Å². The van der Waals surface area contributed by atoms with Gasteiger partial charge in [-0.3, -0.25) is 0 Å². The Hall–Kier alpha value is -0.846. The average Bonchev–Trinajstić information content (AvgIpc) is 2.76. The van der Waals surface area contributed by atoms with Crippen LogP contribution < -0.4 is 5.32 Å². The fourth-order valence-electron chi connectivity index (χ4n) is 1.77. The molecule has 2 rings (SSSR count). The number of carbonyl (C=O) groups is 1. The van der Waals surface area contributed by atoms with Crippen molar-refractivity contribution in [1.82, 2.24) is 10.2 Å². The first-order valence-electron chi connectivity index (χ1n) is 6.20. The Morgan fingerprint density at radius 2 is 2.26 bits per heavy atom. The first-order chi connectivity index (χ1) is 8.66. The molecule has 1 heterocycles. The molecule has 2 amide bonds. The minimum atomic E-state index is -0.0222. The number of carbonyl (C=O) groups excluding carboxylic acids is 1. The van der Waals surface area contributed by atoms with Crippen molar-refractivity contribution in [3.8, 4) is 11.8 Å². The van der Waals surface area contributed by atoms with Gasteiger partial charge >= 0.3 is 6.03 Å². The fourth-order valence-corrected chi connectivity index (χ4v) is 1.77. The van der Waals surface area contributed by atoms with Crippen LogP contribution in [0.25, 0.3) is 0 Å². The predicted molar refractivity (Wildman–Crippen MR) is 71.2 cm³/mol. The summed E-state index contributed by atoms with van der Waals surface area (Å²) in [6, 6.07) is 9.17. The van der Waals surface area contributed by atoms with E-state index in [-0.39, 0.29) is 38.7 Å². The molecule has 0 atom stereocenters. The standard InChI is InChI=1S/C15H17N2O.Y/c1-12(2)14-7-5-13(6-8-14)4-3-10-17-11-9-16-15(17)18;/h5-7,12H,9-11H2,1-2H3,(H,16,18);/q-1;. The molecule has 0 aromatic heterocycles. The molecular formula is C15H17N2OY-. The number of amides is 2. The zero-order chi connectivity index (χ0) is 13.0. The van der Waals surface area contributed by atoms with E-state index in [1.165, 1.54) is 5.56 Å². The first kappa shape index (κ1) is 16.2. The molecule has 1 N–H and O–H groups in total. The summed E-state index contributed by atoms with van der Waals surface area (Å²) in [5.41, 5.74) is 2.14. The zero-order valence-corrected chi connectivity index (χ0v) is 14.2. The number of nitrogens with zero attached hydrogens (tertiary/aromatic N) is 1. The maximum atomic E-state index is 11.3. The van der Waals surface area contributed by atoms with E-state index in [2.05, 4.69) is 43.1 Å². The van der Waals surface area contributed by atoms with Crippen LogP contribution in [-0.2, 0) is 32.7 Å². The van der Waals surface area contributed by atoms with Gasteiger partial charge in [0, 0.05) is 45.8 Å². The van der Waals surface area contributed by atoms with E-state index in [0.29, 0.717) is 12.5 Å². The molecule has 1 radical (unpaired) electrons. The molecule has 1 fully saturated rings. The Kier molecular flexibility index (Phi) is 6.55. The van der Waals surface area contributed by atoms with Gasteiger partial charge in [0.1, 0.15) is 0 Å². The molecule has 0 spiro atoms. The van der Waals surface area contributed by atoms with E-state index >= 15 is 0 Å². The van der Waals surface area contributed by atoms with Crippen molar-refractivity contribution in [3.63, 3.8) is 0 Å². The van der Waals surface area contributed by atoms with Gasteiger partial charge in [-0.2, -0.15) is 29.8 Å². The van der Waals surface area contributed by atoms with Gasteiger partial charge in [-0.1, -0.05) is 25.3 Å². The quantitative estimate of drug-likeness (QED) is 0.653. The van der Waals surface area contributed by atoms with E-state index < -0.39 is 0 Å². The second kappa shape index (κ2) is 7.67. The number of hydrogen-bond donors (Lipinski definition) is 1. The molecule has 0 unspecified atom stereocenters. The molecule has 4 heteroatoms. The molecule has 97 valence electrons. The van der Waals surface area contributed by atoms with Crippen LogP contribution in [0.15, 0.2) is 18.2 Å². The second-order valence-corrected chi connectivity index (χ2v) is 4.64. The summed E-state index contributed by atoms with van der Waals surface area (Å²) in [6.45, 7) is 6.23. The summed E-state index contributed by atoms with van der Waals surface area (Å²) < 4.78 is 0. The van der Waals surface area contributed by atoms with Crippen molar-refractivity contribution in [2.75, 3.05) is 19.6 Å². The van der Waals surface area contributed by atoms with Crippen LogP contribution in [0.5, 0.6) is 0 Å². The van der Waals surface area contributed by atoms with Crippen molar-refractivity contribution in [3.05, 3.63) is 35.4 Å². The third-order valence-corrected chi connectivity index (χ3v) is 2.91. The third kappa shape index (κ3) is 4.63. The number of rotatable bonds is 2. The summed E-state index contributed by atoms with van der Waals surface area (Å²) >= 11 is 0. The van der Waals surface area contributed by atoms with Gasteiger partial charge in [0.25, 0.3) is 0 Å². The molecule has 19 heavy (non-hydrogen) atoms. The Morgan fingerprint density at radius 3 is 2.79 bits per heavy atom. The number of urea groups is 1. The molecule has 0 saturated carbocycles. The summed E-state index contributed by atoms with van der Waals surface area (Å²) in [5, 5.41) is 2.75. The molecule has 1 aromatic carbocycles. The Bertz CT molecular complexity index is 485. The van der Waals surface area contributed by atoms with Gasteiger partial charge in [0.2, 0.25) is 0 Å². The Balaban J connectivity index is 0.00000180. The zero-order valence-electron chi connectivity index (χ0n) is 11.4. The largest absolute Gasteiger partial charge is 0.336 e. The van der Waals surface area contributed by atoms with Gasteiger partial charge in [-0.15, -0.1) is 5.92 Å². The maximum absolute atomic E-state index is 11.3. The molecule has 0 bridgehead atoms. The Morgan fingerprint density at radius 1 is 1.47 bits per heavy atom. The van der Waals surface area contributed by atoms with Crippen LogP contribution in [0, 0.1) is 17.9 Å². The maximum Gasteiger partial charge on any atom is 0.318 e. The van der Waals surface area contributed by atoms with Crippen LogP contribution in [0.2, 0.25) is 0 Å². The molecule has 1 aliphatic rings. The molecular weight excluding hydrogens is 313 g/mol. The number of benzene rings is 1. The molecule has 1 aromatic rings. The van der Waals surface area contributed by atoms with E-state index in [0.717, 1.165) is 18.7 Å². The SMILES string of the molecule is CC(C)c1[c-]cc(C#CCN2CCNC2=O)cc1.[Y]. The van der Waals surface area contributed by atoms with Gasteiger partial charge < -0.3 is 10.2 Å².